The van der Waals surface area contributed by atoms with Crippen LogP contribution in [0.4, 0.5) is 0 Å². The summed E-state index contributed by atoms with van der Waals surface area (Å²) in [6, 6.07) is 21.0. The first-order valence-electron chi connectivity index (χ1n) is 9.90. The van der Waals surface area contributed by atoms with Gasteiger partial charge in [-0.15, -0.1) is 11.3 Å². The number of methoxy groups -OCH3 is 1. The number of rotatable bonds is 7. The maximum atomic E-state index is 12.8. The van der Waals surface area contributed by atoms with Crippen molar-refractivity contribution >= 4 is 29.1 Å². The topological polar surface area (TPSA) is 99.5 Å². The number of aromatic nitrogens is 2. The molecule has 0 fully saturated rings. The molecule has 2 amide bonds. The Morgan fingerprint density at radius 3 is 2.48 bits per heavy atom. The van der Waals surface area contributed by atoms with Crippen LogP contribution >= 0.6 is 11.3 Å². The lowest BCUT2D eigenvalue weighted by atomic mass is 10.2. The van der Waals surface area contributed by atoms with E-state index in [1.54, 1.807) is 36.4 Å². The Morgan fingerprint density at radius 2 is 1.76 bits per heavy atom. The minimum atomic E-state index is -0.761. The smallest absolute Gasteiger partial charge is 0.357 e. The third-order valence-corrected chi connectivity index (χ3v) is 5.52. The molecule has 8 nitrogen and oxygen atoms in total. The minimum absolute atomic E-state index is 0.161. The van der Waals surface area contributed by atoms with E-state index >= 15 is 0 Å². The molecule has 9 heteroatoms. The largest absolute Gasteiger partial charge is 0.496 e. The van der Waals surface area contributed by atoms with Crippen molar-refractivity contribution in [2.45, 2.75) is 0 Å². The maximum Gasteiger partial charge on any atom is 0.357 e. The fourth-order valence-electron chi connectivity index (χ4n) is 3.10. The van der Waals surface area contributed by atoms with Crippen LogP contribution in [0.5, 0.6) is 5.75 Å². The van der Waals surface area contributed by atoms with Crippen molar-refractivity contribution in [2.75, 3.05) is 13.7 Å². The number of nitrogens with one attached hydrogen (secondary N) is 1. The van der Waals surface area contributed by atoms with E-state index in [2.05, 4.69) is 10.4 Å². The SMILES string of the molecule is COc1ccccc1C(=O)NC(=O)COC(=O)c1cc(-c2cccs2)nn1-c1ccccc1. The standard InChI is InChI=1S/C24H19N3O5S/c1-31-20-11-6-5-10-17(20)23(29)25-22(28)15-32-24(30)19-14-18(21-12-7-13-33-21)26-27(19)16-8-3-2-4-9-16/h2-14H,15H2,1H3,(H,25,28,29). The normalized spacial score (nSPS) is 10.5. The highest BCUT2D eigenvalue weighted by molar-refractivity contribution is 7.13. The molecule has 0 aliphatic rings. The fourth-order valence-corrected chi connectivity index (χ4v) is 3.79. The molecule has 166 valence electrons. The first-order valence-corrected chi connectivity index (χ1v) is 10.8. The molecule has 0 aliphatic heterocycles. The molecule has 33 heavy (non-hydrogen) atoms. The average Bonchev–Trinajstić information content (AvgIpc) is 3.53. The van der Waals surface area contributed by atoms with Crippen molar-refractivity contribution in [1.82, 2.24) is 15.1 Å². The first kappa shape index (κ1) is 22.0. The molecule has 4 aromatic rings. The third kappa shape index (κ3) is 4.99. The average molecular weight is 461 g/mol. The Labute approximate surface area is 193 Å². The van der Waals surface area contributed by atoms with E-state index in [1.165, 1.54) is 29.2 Å². The highest BCUT2D eigenvalue weighted by Crippen LogP contribution is 2.26. The molecular weight excluding hydrogens is 442 g/mol. The van der Waals surface area contributed by atoms with Gasteiger partial charge in [0.1, 0.15) is 11.4 Å². The summed E-state index contributed by atoms with van der Waals surface area (Å²) in [6.07, 6.45) is 0. The summed E-state index contributed by atoms with van der Waals surface area (Å²) in [6.45, 7) is -0.631. The Morgan fingerprint density at radius 1 is 1.00 bits per heavy atom. The molecule has 0 unspecified atom stereocenters. The van der Waals surface area contributed by atoms with E-state index < -0.39 is 24.4 Å². The van der Waals surface area contributed by atoms with Crippen LogP contribution in [0.25, 0.3) is 16.3 Å². The lowest BCUT2D eigenvalue weighted by Gasteiger charge is -2.09. The van der Waals surface area contributed by atoms with Crippen molar-refractivity contribution in [3.63, 3.8) is 0 Å². The Hall–Kier alpha value is -4.24. The summed E-state index contributed by atoms with van der Waals surface area (Å²) in [4.78, 5) is 38.3. The molecule has 2 aromatic heterocycles. The van der Waals surface area contributed by atoms with E-state index in [-0.39, 0.29) is 11.3 Å². The zero-order valence-electron chi connectivity index (χ0n) is 17.6. The lowest BCUT2D eigenvalue weighted by molar-refractivity contribution is -0.123. The van der Waals surface area contributed by atoms with Crippen molar-refractivity contribution in [3.05, 3.63) is 89.4 Å². The van der Waals surface area contributed by atoms with Gasteiger partial charge in [0.05, 0.1) is 23.2 Å². The van der Waals surface area contributed by atoms with E-state index in [1.807, 2.05) is 35.7 Å². The number of thiophene rings is 1. The summed E-state index contributed by atoms with van der Waals surface area (Å²) in [5.74, 6) is -1.83. The summed E-state index contributed by atoms with van der Waals surface area (Å²) in [7, 11) is 1.43. The molecule has 0 radical (unpaired) electrons. The molecule has 4 rings (SSSR count). The molecular formula is C24H19N3O5S. The van der Waals surface area contributed by atoms with Crippen LogP contribution in [0.1, 0.15) is 20.8 Å². The van der Waals surface area contributed by atoms with Gasteiger partial charge in [-0.3, -0.25) is 14.9 Å². The molecule has 0 spiro atoms. The zero-order valence-corrected chi connectivity index (χ0v) is 18.4. The molecule has 1 N–H and O–H groups in total. The van der Waals surface area contributed by atoms with Gasteiger partial charge >= 0.3 is 5.97 Å². The summed E-state index contributed by atoms with van der Waals surface area (Å²) < 4.78 is 11.8. The molecule has 0 saturated heterocycles. The highest BCUT2D eigenvalue weighted by atomic mass is 32.1. The number of hydrogen-bond acceptors (Lipinski definition) is 7. The maximum absolute atomic E-state index is 12.8. The second kappa shape index (κ2) is 9.92. The first-order chi connectivity index (χ1) is 16.1. The predicted octanol–water partition coefficient (Wildman–Crippen LogP) is 3.72. The Balaban J connectivity index is 1.48. The van der Waals surface area contributed by atoms with Gasteiger partial charge in [-0.05, 0) is 35.7 Å². The van der Waals surface area contributed by atoms with Gasteiger partial charge < -0.3 is 9.47 Å². The van der Waals surface area contributed by atoms with Crippen LogP contribution in [0.2, 0.25) is 0 Å². The Kier molecular flexibility index (Phi) is 6.61. The van der Waals surface area contributed by atoms with Gasteiger partial charge in [0.2, 0.25) is 0 Å². The van der Waals surface area contributed by atoms with E-state index in [4.69, 9.17) is 9.47 Å². The molecule has 0 bridgehead atoms. The summed E-state index contributed by atoms with van der Waals surface area (Å²) >= 11 is 1.49. The number of amides is 2. The second-order valence-corrected chi connectivity index (χ2v) is 7.74. The van der Waals surface area contributed by atoms with Crippen LogP contribution < -0.4 is 10.1 Å². The number of para-hydroxylation sites is 2. The number of hydrogen-bond donors (Lipinski definition) is 1. The monoisotopic (exact) mass is 461 g/mol. The molecule has 0 atom stereocenters. The molecule has 0 aliphatic carbocycles. The van der Waals surface area contributed by atoms with E-state index in [9.17, 15) is 14.4 Å². The number of carbonyl (C=O) groups is 3. The van der Waals surface area contributed by atoms with E-state index in [0.29, 0.717) is 17.1 Å². The second-order valence-electron chi connectivity index (χ2n) is 6.79. The lowest BCUT2D eigenvalue weighted by Crippen LogP contribution is -2.34. The van der Waals surface area contributed by atoms with Gasteiger partial charge in [0, 0.05) is 6.07 Å². The van der Waals surface area contributed by atoms with Crippen molar-refractivity contribution in [3.8, 4) is 22.0 Å². The number of benzene rings is 2. The van der Waals surface area contributed by atoms with Crippen LogP contribution in [-0.2, 0) is 9.53 Å². The zero-order chi connectivity index (χ0) is 23.2. The van der Waals surface area contributed by atoms with Gasteiger partial charge in [0.15, 0.2) is 12.3 Å². The van der Waals surface area contributed by atoms with Crippen LogP contribution in [0.3, 0.4) is 0 Å². The molecule has 2 heterocycles. The van der Waals surface area contributed by atoms with Crippen molar-refractivity contribution < 1.29 is 23.9 Å². The number of carbonyl (C=O) groups excluding carboxylic acids is 3. The number of ether oxygens (including phenoxy) is 2. The highest BCUT2D eigenvalue weighted by Gasteiger charge is 2.21. The summed E-state index contributed by atoms with van der Waals surface area (Å²) in [5.41, 5.74) is 1.63. The fraction of sp³-hybridized carbons (Fsp3) is 0.0833. The van der Waals surface area contributed by atoms with Crippen LogP contribution in [0.15, 0.2) is 78.2 Å². The van der Waals surface area contributed by atoms with E-state index in [0.717, 1.165) is 4.88 Å². The number of nitrogens with zero attached hydrogens (tertiary/aromatic N) is 2. The number of imide groups is 1. The van der Waals surface area contributed by atoms with Gasteiger partial charge in [0.25, 0.3) is 11.8 Å². The predicted molar refractivity (Wildman–Crippen MR) is 123 cm³/mol. The quantitative estimate of drug-likeness (QED) is 0.421. The van der Waals surface area contributed by atoms with Crippen molar-refractivity contribution in [2.24, 2.45) is 0 Å². The molecule has 2 aromatic carbocycles. The van der Waals surface area contributed by atoms with Crippen LogP contribution in [0, 0.1) is 0 Å². The Bertz CT molecular complexity index is 1280. The van der Waals surface area contributed by atoms with Gasteiger partial charge in [-0.25, -0.2) is 9.48 Å². The third-order valence-electron chi connectivity index (χ3n) is 4.63. The minimum Gasteiger partial charge on any atom is -0.496 e. The van der Waals surface area contributed by atoms with Crippen LogP contribution in [-0.4, -0.2) is 41.3 Å². The van der Waals surface area contributed by atoms with Gasteiger partial charge in [-0.2, -0.15) is 5.10 Å². The van der Waals surface area contributed by atoms with Gasteiger partial charge in [-0.1, -0.05) is 36.4 Å². The number of esters is 1. The summed E-state index contributed by atoms with van der Waals surface area (Å²) in [5, 5.41) is 8.65. The molecule has 0 saturated carbocycles. The van der Waals surface area contributed by atoms with Crippen molar-refractivity contribution in [1.29, 1.82) is 0 Å².